The van der Waals surface area contributed by atoms with Gasteiger partial charge >= 0.3 is 0 Å². The molecule has 6 atom stereocenters. The summed E-state index contributed by atoms with van der Waals surface area (Å²) >= 11 is 0. The van der Waals surface area contributed by atoms with Crippen LogP contribution in [0.4, 0.5) is 0 Å². The normalized spacial score (nSPS) is 24.6. The highest BCUT2D eigenvalue weighted by molar-refractivity contribution is 5.17. The zero-order valence-electron chi connectivity index (χ0n) is 22.4. The Bertz CT molecular complexity index is 1150. The molecule has 6 nitrogen and oxygen atoms in total. The van der Waals surface area contributed by atoms with Gasteiger partial charge in [0.2, 0.25) is 0 Å². The number of hydrogen-bond acceptors (Lipinski definition) is 6. The third-order valence-corrected chi connectivity index (χ3v) is 7.14. The first-order valence-electron chi connectivity index (χ1n) is 13.7. The van der Waals surface area contributed by atoms with Crippen LogP contribution in [-0.2, 0) is 45.4 Å². The molecule has 0 bridgehead atoms. The van der Waals surface area contributed by atoms with Gasteiger partial charge in [-0.2, -0.15) is 0 Å². The topological polar surface area (TPSA) is 77.4 Å². The van der Waals surface area contributed by atoms with Crippen LogP contribution in [0.2, 0.25) is 0 Å². The molecule has 0 aromatic heterocycles. The van der Waals surface area contributed by atoms with Crippen molar-refractivity contribution in [2.75, 3.05) is 0 Å². The zero-order valence-corrected chi connectivity index (χ0v) is 22.4. The van der Waals surface area contributed by atoms with Crippen molar-refractivity contribution >= 4 is 0 Å². The van der Waals surface area contributed by atoms with Crippen molar-refractivity contribution in [3.8, 4) is 0 Å². The SMILES string of the molecule is O[C@@H]1[C@H](O)[C@@H](OCc2ccccc2)[C@H](OCc2ccccc2)[C@@H](OCc2ccccc2)[C@@H]1OCc1ccccc1. The molecule has 0 heterocycles. The predicted octanol–water partition coefficient (Wildman–Crippen LogP) is 5.06. The largest absolute Gasteiger partial charge is 0.387 e. The fourth-order valence-corrected chi connectivity index (χ4v) is 4.98. The molecule has 0 spiro atoms. The molecule has 40 heavy (non-hydrogen) atoms. The summed E-state index contributed by atoms with van der Waals surface area (Å²) in [6.07, 6.45) is -5.63. The number of aliphatic hydroxyl groups excluding tert-OH is 2. The number of benzene rings is 4. The number of ether oxygens (including phenoxy) is 4. The second-order valence-corrected chi connectivity index (χ2v) is 10.0. The molecular weight excluding hydrogens is 504 g/mol. The van der Waals surface area contributed by atoms with Gasteiger partial charge in [0.25, 0.3) is 0 Å². The van der Waals surface area contributed by atoms with Gasteiger partial charge in [0, 0.05) is 0 Å². The molecule has 0 amide bonds. The van der Waals surface area contributed by atoms with Crippen LogP contribution < -0.4 is 0 Å². The monoisotopic (exact) mass is 540 g/mol. The molecule has 0 unspecified atom stereocenters. The summed E-state index contributed by atoms with van der Waals surface area (Å²) in [7, 11) is 0. The van der Waals surface area contributed by atoms with Crippen LogP contribution >= 0.6 is 0 Å². The van der Waals surface area contributed by atoms with E-state index in [1.807, 2.05) is 121 Å². The third-order valence-electron chi connectivity index (χ3n) is 7.14. The fourth-order valence-electron chi connectivity index (χ4n) is 4.98. The van der Waals surface area contributed by atoms with Crippen LogP contribution in [0.5, 0.6) is 0 Å². The minimum atomic E-state index is -1.25. The van der Waals surface area contributed by atoms with Crippen LogP contribution in [0.1, 0.15) is 22.3 Å². The maximum Gasteiger partial charge on any atom is 0.116 e. The molecule has 5 rings (SSSR count). The van der Waals surface area contributed by atoms with Crippen molar-refractivity contribution in [3.05, 3.63) is 144 Å². The van der Waals surface area contributed by atoms with E-state index in [1.165, 1.54) is 0 Å². The molecule has 0 saturated heterocycles. The Balaban J connectivity index is 1.42. The van der Waals surface area contributed by atoms with Crippen LogP contribution in [0.25, 0.3) is 0 Å². The summed E-state index contributed by atoms with van der Waals surface area (Å²) in [5.41, 5.74) is 3.87. The van der Waals surface area contributed by atoms with Gasteiger partial charge in [-0.25, -0.2) is 0 Å². The second-order valence-electron chi connectivity index (χ2n) is 10.0. The molecule has 4 aromatic carbocycles. The Labute approximate surface area is 235 Å². The van der Waals surface area contributed by atoms with Gasteiger partial charge in [0.1, 0.15) is 36.6 Å². The standard InChI is InChI=1S/C34H36O6/c35-29-30(36)32(38-22-26-15-7-2-8-16-26)34(40-24-28-19-11-4-12-20-28)33(39-23-27-17-9-3-10-18-27)31(29)37-21-25-13-5-1-6-14-25/h1-20,29-36H,21-24H2/t29-,30+,31-,32-,33+,34+/m1/s1. The lowest BCUT2D eigenvalue weighted by Gasteiger charge is -2.47. The van der Waals surface area contributed by atoms with E-state index in [-0.39, 0.29) is 26.4 Å². The van der Waals surface area contributed by atoms with E-state index in [0.29, 0.717) is 0 Å². The highest BCUT2D eigenvalue weighted by atomic mass is 16.6. The summed E-state index contributed by atoms with van der Waals surface area (Å²) in [5.74, 6) is 0. The molecule has 0 aliphatic heterocycles. The summed E-state index contributed by atoms with van der Waals surface area (Å²) < 4.78 is 25.5. The first kappa shape index (κ1) is 28.2. The van der Waals surface area contributed by atoms with Crippen LogP contribution in [0.3, 0.4) is 0 Å². The van der Waals surface area contributed by atoms with Crippen molar-refractivity contribution in [3.63, 3.8) is 0 Å². The highest BCUT2D eigenvalue weighted by Crippen LogP contribution is 2.32. The van der Waals surface area contributed by atoms with Crippen molar-refractivity contribution in [2.24, 2.45) is 0 Å². The molecule has 4 aromatic rings. The Kier molecular flexibility index (Phi) is 10.1. The van der Waals surface area contributed by atoms with Crippen molar-refractivity contribution in [1.29, 1.82) is 0 Å². The van der Waals surface area contributed by atoms with Gasteiger partial charge in [-0.05, 0) is 22.3 Å². The minimum absolute atomic E-state index is 0.251. The van der Waals surface area contributed by atoms with Gasteiger partial charge in [0.15, 0.2) is 0 Å². The van der Waals surface area contributed by atoms with E-state index in [1.54, 1.807) is 0 Å². The van der Waals surface area contributed by atoms with Crippen LogP contribution in [0.15, 0.2) is 121 Å². The van der Waals surface area contributed by atoms with E-state index < -0.39 is 36.6 Å². The number of aliphatic hydroxyl groups is 2. The number of hydrogen-bond donors (Lipinski definition) is 2. The summed E-state index contributed by atoms with van der Waals surface area (Å²) in [6.45, 7) is 1.08. The van der Waals surface area contributed by atoms with E-state index in [9.17, 15) is 10.2 Å². The van der Waals surface area contributed by atoms with E-state index >= 15 is 0 Å². The molecule has 6 heteroatoms. The van der Waals surface area contributed by atoms with Gasteiger partial charge in [0.05, 0.1) is 26.4 Å². The van der Waals surface area contributed by atoms with Crippen molar-refractivity contribution < 1.29 is 29.2 Å². The second kappa shape index (κ2) is 14.3. The Hall–Kier alpha value is -3.36. The Morgan fingerprint density at radius 2 is 0.575 bits per heavy atom. The van der Waals surface area contributed by atoms with Crippen molar-refractivity contribution in [2.45, 2.75) is 63.1 Å². The summed E-state index contributed by atoms with van der Waals surface area (Å²) in [4.78, 5) is 0. The average molecular weight is 541 g/mol. The molecular formula is C34H36O6. The minimum Gasteiger partial charge on any atom is -0.387 e. The lowest BCUT2D eigenvalue weighted by Crippen LogP contribution is -2.66. The van der Waals surface area contributed by atoms with E-state index in [0.717, 1.165) is 22.3 Å². The summed E-state index contributed by atoms with van der Waals surface area (Å²) in [5, 5.41) is 22.7. The van der Waals surface area contributed by atoms with Crippen molar-refractivity contribution in [1.82, 2.24) is 0 Å². The quantitative estimate of drug-likeness (QED) is 0.262. The molecule has 1 aliphatic carbocycles. The van der Waals surface area contributed by atoms with Crippen LogP contribution in [-0.4, -0.2) is 46.8 Å². The Morgan fingerprint density at radius 1 is 0.350 bits per heavy atom. The molecule has 0 radical (unpaired) electrons. The van der Waals surface area contributed by atoms with Gasteiger partial charge in [-0.1, -0.05) is 121 Å². The van der Waals surface area contributed by atoms with E-state index in [4.69, 9.17) is 18.9 Å². The van der Waals surface area contributed by atoms with Gasteiger partial charge < -0.3 is 29.2 Å². The van der Waals surface area contributed by atoms with E-state index in [2.05, 4.69) is 0 Å². The molecule has 1 saturated carbocycles. The highest BCUT2D eigenvalue weighted by Gasteiger charge is 2.52. The first-order chi connectivity index (χ1) is 19.7. The number of rotatable bonds is 12. The Morgan fingerprint density at radius 3 is 0.825 bits per heavy atom. The molecule has 1 aliphatic rings. The molecule has 1 fully saturated rings. The molecule has 2 N–H and O–H groups in total. The van der Waals surface area contributed by atoms with Gasteiger partial charge in [-0.15, -0.1) is 0 Å². The third kappa shape index (κ3) is 7.43. The van der Waals surface area contributed by atoms with Crippen LogP contribution in [0, 0.1) is 0 Å². The van der Waals surface area contributed by atoms with Gasteiger partial charge in [-0.3, -0.25) is 0 Å². The first-order valence-corrected chi connectivity index (χ1v) is 13.7. The summed E-state index contributed by atoms with van der Waals surface area (Å²) in [6, 6.07) is 39.1. The maximum absolute atomic E-state index is 11.4. The smallest absolute Gasteiger partial charge is 0.116 e. The lowest BCUT2D eigenvalue weighted by molar-refractivity contribution is -0.273. The lowest BCUT2D eigenvalue weighted by atomic mass is 9.84. The fraction of sp³-hybridized carbons (Fsp3) is 0.294. The average Bonchev–Trinajstić information content (AvgIpc) is 3.01. The zero-order chi connectivity index (χ0) is 27.6. The predicted molar refractivity (Wildman–Crippen MR) is 152 cm³/mol. The maximum atomic E-state index is 11.4. The molecule has 208 valence electrons.